The van der Waals surface area contributed by atoms with Gasteiger partial charge in [-0.25, -0.2) is 18.7 Å². The lowest BCUT2D eigenvalue weighted by Crippen LogP contribution is -2.48. The fourth-order valence-electron chi connectivity index (χ4n) is 3.37. The van der Waals surface area contributed by atoms with Crippen molar-refractivity contribution in [3.63, 3.8) is 0 Å². The molecule has 1 fully saturated rings. The Morgan fingerprint density at radius 2 is 2.08 bits per heavy atom. The summed E-state index contributed by atoms with van der Waals surface area (Å²) >= 11 is 0. The highest BCUT2D eigenvalue weighted by Gasteiger charge is 2.61. The van der Waals surface area contributed by atoms with Gasteiger partial charge in [0.2, 0.25) is 11.9 Å². The van der Waals surface area contributed by atoms with Crippen LogP contribution in [0.1, 0.15) is 22.3 Å². The molecule has 1 aliphatic carbocycles. The molecule has 2 atom stereocenters. The van der Waals surface area contributed by atoms with Crippen LogP contribution in [0, 0.1) is 5.82 Å². The summed E-state index contributed by atoms with van der Waals surface area (Å²) in [4.78, 5) is 33.5. The first-order chi connectivity index (χ1) is 12.4. The minimum absolute atomic E-state index is 0.0708. The van der Waals surface area contributed by atoms with E-state index in [1.165, 1.54) is 4.90 Å². The molecule has 2 heterocycles. The van der Waals surface area contributed by atoms with Gasteiger partial charge in [0.1, 0.15) is 20.6 Å². The van der Waals surface area contributed by atoms with Crippen LogP contribution in [0.3, 0.4) is 0 Å². The maximum Gasteiger partial charge on any atom is 0.254 e. The number of fused-ring (bicyclic) bond motifs is 2. The van der Waals surface area contributed by atoms with Crippen LogP contribution in [-0.2, 0) is 10.2 Å². The van der Waals surface area contributed by atoms with Crippen molar-refractivity contribution in [2.24, 2.45) is 0 Å². The van der Waals surface area contributed by atoms with E-state index in [0.29, 0.717) is 16.6 Å². The first-order valence-electron chi connectivity index (χ1n) is 8.00. The van der Waals surface area contributed by atoms with Gasteiger partial charge in [-0.2, -0.15) is 0 Å². The second kappa shape index (κ2) is 5.86. The number of halogens is 2. The standard InChI is InChI=1S/C17H13BF2N4O2/c18-9-1-2-11-12(3-9)17(4-13(17)20)8-24(15(11)26)7-14(25)23-16-21-5-10(19)6-22-16/h1-3,5-6,13H,4,7-8H2,(H,21,22,23,25). The van der Waals surface area contributed by atoms with Crippen LogP contribution in [0.15, 0.2) is 30.6 Å². The van der Waals surface area contributed by atoms with Crippen LogP contribution in [0.4, 0.5) is 14.7 Å². The number of amides is 2. The Bertz CT molecular complexity index is 908. The summed E-state index contributed by atoms with van der Waals surface area (Å²) in [7, 11) is 5.78. The van der Waals surface area contributed by atoms with E-state index >= 15 is 0 Å². The fraction of sp³-hybridized carbons (Fsp3) is 0.294. The Morgan fingerprint density at radius 3 is 2.73 bits per heavy atom. The van der Waals surface area contributed by atoms with Gasteiger partial charge in [0.15, 0.2) is 5.82 Å². The number of aromatic nitrogens is 2. The molecule has 1 aromatic carbocycles. The maximum atomic E-state index is 14.2. The van der Waals surface area contributed by atoms with Gasteiger partial charge in [-0.15, -0.1) is 0 Å². The molecule has 1 aliphatic heterocycles. The van der Waals surface area contributed by atoms with E-state index in [0.717, 1.165) is 12.4 Å². The van der Waals surface area contributed by atoms with Gasteiger partial charge in [-0.1, -0.05) is 17.6 Å². The predicted octanol–water partition coefficient (Wildman–Crippen LogP) is 0.484. The maximum absolute atomic E-state index is 14.2. The highest BCUT2D eigenvalue weighted by atomic mass is 19.1. The average Bonchev–Trinajstić information content (AvgIpc) is 3.25. The van der Waals surface area contributed by atoms with Gasteiger partial charge in [-0.3, -0.25) is 14.9 Å². The number of carbonyl (C=O) groups excluding carboxylic acids is 2. The van der Waals surface area contributed by atoms with E-state index in [-0.39, 0.29) is 31.4 Å². The van der Waals surface area contributed by atoms with Crippen LogP contribution in [0.5, 0.6) is 0 Å². The molecule has 4 rings (SSSR count). The van der Waals surface area contributed by atoms with Crippen molar-refractivity contribution in [1.29, 1.82) is 0 Å². The molecule has 0 bridgehead atoms. The summed E-state index contributed by atoms with van der Waals surface area (Å²) in [6.07, 6.45) is 1.04. The molecule has 2 aromatic rings. The first-order valence-corrected chi connectivity index (χ1v) is 8.00. The van der Waals surface area contributed by atoms with Gasteiger partial charge in [0, 0.05) is 17.5 Å². The predicted molar refractivity (Wildman–Crippen MR) is 89.5 cm³/mol. The lowest BCUT2D eigenvalue weighted by molar-refractivity contribution is -0.117. The van der Waals surface area contributed by atoms with Crippen LogP contribution in [0.25, 0.3) is 0 Å². The SMILES string of the molecule is [B]c1ccc2c(c1)C1(CC1F)CN(CC(=O)Nc1ncc(F)cn1)C2=O. The topological polar surface area (TPSA) is 75.2 Å². The zero-order chi connectivity index (χ0) is 18.5. The summed E-state index contributed by atoms with van der Waals surface area (Å²) in [6, 6.07) is 4.78. The summed E-state index contributed by atoms with van der Waals surface area (Å²) < 4.78 is 27.0. The lowest BCUT2D eigenvalue weighted by atomic mass is 9.82. The number of hydrogen-bond donors (Lipinski definition) is 1. The first kappa shape index (κ1) is 16.6. The Hall–Kier alpha value is -2.84. The van der Waals surface area contributed by atoms with Crippen molar-refractivity contribution in [1.82, 2.24) is 14.9 Å². The van der Waals surface area contributed by atoms with Gasteiger partial charge in [0.05, 0.1) is 12.4 Å². The second-order valence-corrected chi connectivity index (χ2v) is 6.57. The van der Waals surface area contributed by atoms with Crippen LogP contribution >= 0.6 is 0 Å². The minimum atomic E-state index is -1.08. The zero-order valence-corrected chi connectivity index (χ0v) is 13.6. The normalized spacial score (nSPS) is 23.7. The van der Waals surface area contributed by atoms with E-state index in [2.05, 4.69) is 15.3 Å². The third kappa shape index (κ3) is 2.73. The second-order valence-electron chi connectivity index (χ2n) is 6.57. The number of carbonyl (C=O) groups is 2. The molecule has 6 nitrogen and oxygen atoms in total. The molecule has 1 aromatic heterocycles. The third-order valence-electron chi connectivity index (χ3n) is 4.76. The Morgan fingerprint density at radius 1 is 1.38 bits per heavy atom. The summed E-state index contributed by atoms with van der Waals surface area (Å²) in [6.45, 7) is -0.182. The van der Waals surface area contributed by atoms with E-state index in [4.69, 9.17) is 7.85 Å². The monoisotopic (exact) mass is 354 g/mol. The number of benzene rings is 1. The molecule has 0 saturated heterocycles. The number of rotatable bonds is 3. The molecular formula is C17H13BF2N4O2. The Balaban J connectivity index is 1.54. The van der Waals surface area contributed by atoms with Gasteiger partial charge >= 0.3 is 0 Å². The van der Waals surface area contributed by atoms with Gasteiger partial charge < -0.3 is 4.90 Å². The summed E-state index contributed by atoms with van der Waals surface area (Å²) in [5, 5.41) is 2.39. The molecule has 2 aliphatic rings. The van der Waals surface area contributed by atoms with Crippen molar-refractivity contribution in [2.45, 2.75) is 18.0 Å². The molecule has 9 heteroatoms. The number of anilines is 1. The molecule has 1 spiro atoms. The van der Waals surface area contributed by atoms with Gasteiger partial charge in [0.25, 0.3) is 5.91 Å². The molecule has 130 valence electrons. The van der Waals surface area contributed by atoms with Crippen molar-refractivity contribution in [2.75, 3.05) is 18.4 Å². The van der Waals surface area contributed by atoms with Crippen LogP contribution < -0.4 is 10.8 Å². The van der Waals surface area contributed by atoms with Crippen molar-refractivity contribution in [3.05, 3.63) is 47.5 Å². The van der Waals surface area contributed by atoms with Crippen LogP contribution in [-0.4, -0.2) is 53.8 Å². The molecule has 1 N–H and O–H groups in total. The summed E-state index contributed by atoms with van der Waals surface area (Å²) in [5.41, 5.74) is 0.630. The van der Waals surface area contributed by atoms with Crippen LogP contribution in [0.2, 0.25) is 0 Å². The van der Waals surface area contributed by atoms with Crippen molar-refractivity contribution >= 4 is 31.1 Å². The molecule has 26 heavy (non-hydrogen) atoms. The number of nitrogens with one attached hydrogen (secondary N) is 1. The zero-order valence-electron chi connectivity index (χ0n) is 13.6. The van der Waals surface area contributed by atoms with E-state index in [1.807, 2.05) is 0 Å². The van der Waals surface area contributed by atoms with Crippen molar-refractivity contribution in [3.8, 4) is 0 Å². The number of nitrogens with zero attached hydrogens (tertiary/aromatic N) is 3. The molecule has 2 unspecified atom stereocenters. The fourth-order valence-corrected chi connectivity index (χ4v) is 3.37. The molecule has 2 radical (unpaired) electrons. The van der Waals surface area contributed by atoms with E-state index in [1.54, 1.807) is 18.2 Å². The number of hydrogen-bond acceptors (Lipinski definition) is 4. The highest BCUT2D eigenvalue weighted by Crippen LogP contribution is 2.54. The highest BCUT2D eigenvalue weighted by molar-refractivity contribution is 6.32. The largest absolute Gasteiger partial charge is 0.328 e. The minimum Gasteiger partial charge on any atom is -0.328 e. The van der Waals surface area contributed by atoms with E-state index < -0.39 is 23.3 Å². The molecular weight excluding hydrogens is 341 g/mol. The quantitative estimate of drug-likeness (QED) is 0.814. The van der Waals surface area contributed by atoms with Gasteiger partial charge in [-0.05, 0) is 18.1 Å². The smallest absolute Gasteiger partial charge is 0.254 e. The Kier molecular flexibility index (Phi) is 3.75. The summed E-state index contributed by atoms with van der Waals surface area (Å²) in [5.74, 6) is -1.61. The average molecular weight is 354 g/mol. The molecule has 1 saturated carbocycles. The molecule has 2 amide bonds. The Labute approximate surface area is 149 Å². The third-order valence-corrected chi connectivity index (χ3v) is 4.76. The van der Waals surface area contributed by atoms with E-state index in [9.17, 15) is 18.4 Å². The van der Waals surface area contributed by atoms with Crippen molar-refractivity contribution < 1.29 is 18.4 Å². The lowest BCUT2D eigenvalue weighted by Gasteiger charge is -2.34. The number of alkyl halides is 1.